The molecule has 8 heteroatoms. The molecule has 0 aliphatic carbocycles. The maximum Gasteiger partial charge on any atom is 0.417 e. The Hall–Kier alpha value is -3.42. The zero-order chi connectivity index (χ0) is 17.5. The van der Waals surface area contributed by atoms with E-state index < -0.39 is 17.0 Å². The summed E-state index contributed by atoms with van der Waals surface area (Å²) < 4.78 is 5.08. The third-order valence-corrected chi connectivity index (χ3v) is 3.09. The van der Waals surface area contributed by atoms with E-state index in [4.69, 9.17) is 9.84 Å². The molecule has 0 saturated carbocycles. The van der Waals surface area contributed by atoms with Crippen molar-refractivity contribution in [3.63, 3.8) is 0 Å². The summed E-state index contributed by atoms with van der Waals surface area (Å²) in [5.41, 5.74) is 1.11. The molecule has 124 valence electrons. The predicted octanol–water partition coefficient (Wildman–Crippen LogP) is 3.22. The summed E-state index contributed by atoms with van der Waals surface area (Å²) in [7, 11) is 0. The van der Waals surface area contributed by atoms with Crippen LogP contribution in [0.1, 0.15) is 12.0 Å². The average Bonchev–Trinajstić information content (AvgIpc) is 2.54. The van der Waals surface area contributed by atoms with Crippen molar-refractivity contribution in [2.45, 2.75) is 12.8 Å². The van der Waals surface area contributed by atoms with E-state index >= 15 is 0 Å². The van der Waals surface area contributed by atoms with Crippen molar-refractivity contribution in [2.75, 3.05) is 5.32 Å². The van der Waals surface area contributed by atoms with Gasteiger partial charge in [0.05, 0.1) is 4.92 Å². The number of hydrogen-bond acceptors (Lipinski definition) is 5. The van der Waals surface area contributed by atoms with E-state index in [2.05, 4.69) is 5.32 Å². The van der Waals surface area contributed by atoms with Crippen molar-refractivity contribution in [2.24, 2.45) is 0 Å². The molecule has 0 unspecified atom stereocenters. The van der Waals surface area contributed by atoms with Gasteiger partial charge < -0.3 is 9.84 Å². The number of hydrogen-bond donors (Lipinski definition) is 2. The van der Waals surface area contributed by atoms with Gasteiger partial charge in [0.25, 0.3) is 5.69 Å². The molecule has 0 atom stereocenters. The van der Waals surface area contributed by atoms with Gasteiger partial charge in [-0.15, -0.1) is 0 Å². The average molecular weight is 330 g/mol. The first-order chi connectivity index (χ1) is 11.4. The Morgan fingerprint density at radius 2 is 1.71 bits per heavy atom. The molecule has 0 bridgehead atoms. The van der Waals surface area contributed by atoms with Crippen LogP contribution in [0.4, 0.5) is 16.2 Å². The van der Waals surface area contributed by atoms with Crippen LogP contribution in [0.2, 0.25) is 0 Å². The van der Waals surface area contributed by atoms with Crippen LogP contribution in [-0.2, 0) is 11.2 Å². The number of carbonyl (C=O) groups excluding carboxylic acids is 1. The second-order valence-corrected chi connectivity index (χ2v) is 4.86. The molecule has 0 spiro atoms. The van der Waals surface area contributed by atoms with Crippen LogP contribution in [0, 0.1) is 10.1 Å². The van der Waals surface area contributed by atoms with E-state index in [1.54, 1.807) is 24.3 Å². The van der Waals surface area contributed by atoms with E-state index in [9.17, 15) is 19.7 Å². The monoisotopic (exact) mass is 330 g/mol. The lowest BCUT2D eigenvalue weighted by molar-refractivity contribution is -0.384. The molecule has 0 saturated heterocycles. The molecular formula is C16H14N2O6. The summed E-state index contributed by atoms with van der Waals surface area (Å²) in [5, 5.41) is 21.6. The minimum Gasteiger partial charge on any atom is -0.481 e. The number of amides is 1. The third-order valence-electron chi connectivity index (χ3n) is 3.09. The molecule has 2 aromatic rings. The van der Waals surface area contributed by atoms with Crippen LogP contribution >= 0.6 is 0 Å². The number of aryl methyl sites for hydroxylation is 1. The molecule has 24 heavy (non-hydrogen) atoms. The van der Waals surface area contributed by atoms with Gasteiger partial charge >= 0.3 is 12.1 Å². The van der Waals surface area contributed by atoms with E-state index in [0.29, 0.717) is 17.9 Å². The van der Waals surface area contributed by atoms with Crippen LogP contribution in [0.5, 0.6) is 5.75 Å². The molecule has 2 rings (SSSR count). The van der Waals surface area contributed by atoms with Crippen LogP contribution in [-0.4, -0.2) is 22.1 Å². The summed E-state index contributed by atoms with van der Waals surface area (Å²) in [5.74, 6) is -0.578. The number of aliphatic carboxylic acids is 1. The fraction of sp³-hybridized carbons (Fsp3) is 0.125. The molecule has 0 fully saturated rings. The zero-order valence-electron chi connectivity index (χ0n) is 12.5. The number of carbonyl (C=O) groups is 2. The normalized spacial score (nSPS) is 10.0. The zero-order valence-corrected chi connectivity index (χ0v) is 12.5. The summed E-state index contributed by atoms with van der Waals surface area (Å²) in [6.45, 7) is 0. The Kier molecular flexibility index (Phi) is 5.45. The van der Waals surface area contributed by atoms with E-state index in [0.717, 1.165) is 5.56 Å². The fourth-order valence-corrected chi connectivity index (χ4v) is 1.89. The first-order valence-electron chi connectivity index (χ1n) is 6.98. The number of rotatable bonds is 6. The Labute approximate surface area is 136 Å². The van der Waals surface area contributed by atoms with Gasteiger partial charge in [-0.1, -0.05) is 12.1 Å². The Morgan fingerprint density at radius 3 is 2.25 bits per heavy atom. The number of ether oxygens (including phenoxy) is 1. The third kappa shape index (κ3) is 5.09. The highest BCUT2D eigenvalue weighted by atomic mass is 16.6. The van der Waals surface area contributed by atoms with Crippen molar-refractivity contribution in [3.8, 4) is 5.75 Å². The predicted molar refractivity (Wildman–Crippen MR) is 85.1 cm³/mol. The lowest BCUT2D eigenvalue weighted by atomic mass is 10.1. The number of benzene rings is 2. The molecule has 0 aliphatic rings. The van der Waals surface area contributed by atoms with Crippen LogP contribution in [0.3, 0.4) is 0 Å². The number of non-ortho nitro benzene ring substituents is 1. The standard InChI is InChI=1S/C16H14N2O6/c19-15(20)10-3-11-1-8-14(9-2-11)24-16(21)17-12-4-6-13(7-5-12)18(22)23/h1-2,4-9H,3,10H2,(H,17,21)(H,19,20). The van der Waals surface area contributed by atoms with Crippen molar-refractivity contribution < 1.29 is 24.4 Å². The molecule has 8 nitrogen and oxygen atoms in total. The topological polar surface area (TPSA) is 119 Å². The number of nitrogens with one attached hydrogen (secondary N) is 1. The summed E-state index contributed by atoms with van der Waals surface area (Å²) in [6, 6.07) is 11.8. The Bertz CT molecular complexity index is 740. The van der Waals surface area contributed by atoms with Gasteiger partial charge in [-0.05, 0) is 36.2 Å². The molecule has 2 N–H and O–H groups in total. The van der Waals surface area contributed by atoms with Crippen molar-refractivity contribution in [1.82, 2.24) is 0 Å². The van der Waals surface area contributed by atoms with Gasteiger partial charge in [0, 0.05) is 24.2 Å². The molecule has 0 radical (unpaired) electrons. The molecule has 0 aliphatic heterocycles. The summed E-state index contributed by atoms with van der Waals surface area (Å²) in [4.78, 5) is 32.3. The number of anilines is 1. The number of carboxylic acids is 1. The van der Waals surface area contributed by atoms with E-state index in [-0.39, 0.29) is 12.1 Å². The smallest absolute Gasteiger partial charge is 0.417 e. The number of nitro benzene ring substituents is 1. The van der Waals surface area contributed by atoms with Crippen molar-refractivity contribution in [1.29, 1.82) is 0 Å². The SMILES string of the molecule is O=C(O)CCc1ccc(OC(=O)Nc2ccc([N+](=O)[O-])cc2)cc1. The van der Waals surface area contributed by atoms with Gasteiger partial charge in [0.15, 0.2) is 0 Å². The Morgan fingerprint density at radius 1 is 1.08 bits per heavy atom. The van der Waals surface area contributed by atoms with Crippen LogP contribution in [0.15, 0.2) is 48.5 Å². The highest BCUT2D eigenvalue weighted by Crippen LogP contribution is 2.17. The summed E-state index contributed by atoms with van der Waals surface area (Å²) in [6.07, 6.45) is -0.312. The van der Waals surface area contributed by atoms with Crippen molar-refractivity contribution in [3.05, 3.63) is 64.2 Å². The van der Waals surface area contributed by atoms with Crippen molar-refractivity contribution >= 4 is 23.4 Å². The lowest BCUT2D eigenvalue weighted by Gasteiger charge is -2.07. The van der Waals surface area contributed by atoms with Gasteiger partial charge in [-0.2, -0.15) is 0 Å². The number of nitrogens with zero attached hydrogens (tertiary/aromatic N) is 1. The van der Waals surface area contributed by atoms with Gasteiger partial charge in [0.2, 0.25) is 0 Å². The minimum absolute atomic E-state index is 0.0286. The van der Waals surface area contributed by atoms with Crippen LogP contribution in [0.25, 0.3) is 0 Å². The van der Waals surface area contributed by atoms with Gasteiger partial charge in [-0.25, -0.2) is 4.79 Å². The van der Waals surface area contributed by atoms with E-state index in [1.165, 1.54) is 24.3 Å². The molecular weight excluding hydrogens is 316 g/mol. The van der Waals surface area contributed by atoms with Gasteiger partial charge in [0.1, 0.15) is 5.75 Å². The Balaban J connectivity index is 1.89. The number of carboxylic acid groups (broad SMARTS) is 1. The quantitative estimate of drug-likeness (QED) is 0.620. The molecule has 0 heterocycles. The largest absolute Gasteiger partial charge is 0.481 e. The fourth-order valence-electron chi connectivity index (χ4n) is 1.89. The first-order valence-corrected chi connectivity index (χ1v) is 6.98. The maximum atomic E-state index is 11.8. The second kappa shape index (κ2) is 7.73. The minimum atomic E-state index is -0.877. The highest BCUT2D eigenvalue weighted by Gasteiger charge is 2.08. The maximum absolute atomic E-state index is 11.8. The molecule has 2 aromatic carbocycles. The van der Waals surface area contributed by atoms with Gasteiger partial charge in [-0.3, -0.25) is 20.2 Å². The molecule has 0 aromatic heterocycles. The number of nitro groups is 1. The molecule has 1 amide bonds. The highest BCUT2D eigenvalue weighted by molar-refractivity contribution is 5.86. The second-order valence-electron chi connectivity index (χ2n) is 4.86. The summed E-state index contributed by atoms with van der Waals surface area (Å²) >= 11 is 0. The van der Waals surface area contributed by atoms with E-state index in [1.807, 2.05) is 0 Å². The first kappa shape index (κ1) is 16.9. The van der Waals surface area contributed by atoms with Crippen LogP contribution < -0.4 is 10.1 Å². The lowest BCUT2D eigenvalue weighted by Crippen LogP contribution is -2.16.